The Labute approximate surface area is 186 Å². The molecule has 0 bridgehead atoms. The summed E-state index contributed by atoms with van der Waals surface area (Å²) in [6, 6.07) is 8.11. The molecule has 1 aliphatic rings. The first-order chi connectivity index (χ1) is 15.1. The van der Waals surface area contributed by atoms with Gasteiger partial charge in [0.1, 0.15) is 22.8 Å². The molecule has 0 amide bonds. The molecule has 0 atom stereocenters. The third-order valence-electron chi connectivity index (χ3n) is 4.44. The number of esters is 1. The van der Waals surface area contributed by atoms with Crippen LogP contribution in [0.3, 0.4) is 0 Å². The van der Waals surface area contributed by atoms with Gasteiger partial charge in [0.15, 0.2) is 23.9 Å². The average Bonchev–Trinajstić information content (AvgIpc) is 3.05. The average molecular weight is 442 g/mol. The van der Waals surface area contributed by atoms with E-state index in [2.05, 4.69) is 0 Å². The second kappa shape index (κ2) is 9.21. The maximum absolute atomic E-state index is 12.8. The van der Waals surface area contributed by atoms with E-state index >= 15 is 0 Å². The molecule has 8 nitrogen and oxygen atoms in total. The Bertz CT molecular complexity index is 1060. The predicted octanol–water partition coefficient (Wildman–Crippen LogP) is 4.05. The van der Waals surface area contributed by atoms with Gasteiger partial charge in [0.25, 0.3) is 0 Å². The number of Topliss-reactive ketones (excluding diaryl/α,β-unsaturated/α-hetero) is 1. The number of rotatable bonds is 7. The van der Waals surface area contributed by atoms with Crippen LogP contribution in [0.15, 0.2) is 36.1 Å². The van der Waals surface area contributed by atoms with Crippen LogP contribution in [0.1, 0.15) is 36.7 Å². The molecule has 0 aliphatic carbocycles. The maximum Gasteiger partial charge on any atom is 0.344 e. The molecule has 0 saturated heterocycles. The van der Waals surface area contributed by atoms with Gasteiger partial charge in [-0.15, -0.1) is 0 Å². The standard InChI is InChI=1S/C24H26O8/c1-24(2,3)32-22(25)13-30-15-7-8-16-18(11-15)31-21(23(16)26)10-14-9-19(28-5)20(29-6)12-17(14)27-4/h7-12H,13H2,1-6H3/b21-10-. The van der Waals surface area contributed by atoms with Gasteiger partial charge in [-0.05, 0) is 45.0 Å². The van der Waals surface area contributed by atoms with Gasteiger partial charge in [0.2, 0.25) is 5.78 Å². The highest BCUT2D eigenvalue weighted by molar-refractivity contribution is 6.14. The summed E-state index contributed by atoms with van der Waals surface area (Å²) >= 11 is 0. The molecular weight excluding hydrogens is 416 g/mol. The van der Waals surface area contributed by atoms with E-state index in [1.165, 1.54) is 21.3 Å². The number of hydrogen-bond donors (Lipinski definition) is 0. The molecule has 3 rings (SSSR count). The molecule has 1 aliphatic heterocycles. The van der Waals surface area contributed by atoms with Gasteiger partial charge < -0.3 is 28.4 Å². The number of ketones is 1. The Morgan fingerprint density at radius 2 is 1.62 bits per heavy atom. The molecule has 0 fully saturated rings. The minimum absolute atomic E-state index is 0.120. The van der Waals surface area contributed by atoms with Crippen molar-refractivity contribution >= 4 is 17.8 Å². The third-order valence-corrected chi connectivity index (χ3v) is 4.44. The second-order valence-electron chi connectivity index (χ2n) is 7.92. The van der Waals surface area contributed by atoms with Crippen molar-refractivity contribution in [3.05, 3.63) is 47.2 Å². The fourth-order valence-electron chi connectivity index (χ4n) is 3.08. The number of methoxy groups -OCH3 is 3. The lowest BCUT2D eigenvalue weighted by molar-refractivity contribution is -0.157. The fraction of sp³-hybridized carbons (Fsp3) is 0.333. The van der Waals surface area contributed by atoms with Gasteiger partial charge in [0.05, 0.1) is 26.9 Å². The van der Waals surface area contributed by atoms with Gasteiger partial charge in [-0.2, -0.15) is 0 Å². The van der Waals surface area contributed by atoms with Gasteiger partial charge in [-0.3, -0.25) is 4.79 Å². The van der Waals surface area contributed by atoms with Crippen LogP contribution in [0.4, 0.5) is 0 Å². The topological polar surface area (TPSA) is 89.5 Å². The number of allylic oxidation sites excluding steroid dienone is 1. The third kappa shape index (κ3) is 5.14. The number of hydrogen-bond acceptors (Lipinski definition) is 8. The Kier molecular flexibility index (Phi) is 6.62. The number of benzene rings is 2. The lowest BCUT2D eigenvalue weighted by Crippen LogP contribution is -2.27. The molecule has 0 aromatic heterocycles. The van der Waals surface area contributed by atoms with Crippen molar-refractivity contribution in [2.75, 3.05) is 27.9 Å². The molecule has 1 heterocycles. The number of carbonyl (C=O) groups excluding carboxylic acids is 2. The minimum atomic E-state index is -0.598. The Hall–Kier alpha value is -3.68. The molecule has 2 aromatic rings. The lowest BCUT2D eigenvalue weighted by Gasteiger charge is -2.19. The van der Waals surface area contributed by atoms with Crippen LogP contribution in [0.2, 0.25) is 0 Å². The number of carbonyl (C=O) groups is 2. The van der Waals surface area contributed by atoms with Crippen molar-refractivity contribution in [1.82, 2.24) is 0 Å². The summed E-state index contributed by atoms with van der Waals surface area (Å²) in [5.74, 6) is 1.54. The SMILES string of the molecule is COc1cc(OC)c(OC)cc1/C=C1\Oc2cc(OCC(=O)OC(C)(C)C)ccc2C1=O. The van der Waals surface area contributed by atoms with Gasteiger partial charge in [-0.25, -0.2) is 4.79 Å². The molecule has 32 heavy (non-hydrogen) atoms. The molecule has 8 heteroatoms. The minimum Gasteiger partial charge on any atom is -0.496 e. The highest BCUT2D eigenvalue weighted by atomic mass is 16.6. The predicted molar refractivity (Wildman–Crippen MR) is 117 cm³/mol. The monoisotopic (exact) mass is 442 g/mol. The maximum atomic E-state index is 12.8. The zero-order valence-corrected chi connectivity index (χ0v) is 18.9. The Balaban J connectivity index is 1.81. The lowest BCUT2D eigenvalue weighted by atomic mass is 10.1. The van der Waals surface area contributed by atoms with E-state index in [0.29, 0.717) is 39.9 Å². The van der Waals surface area contributed by atoms with Gasteiger partial charge >= 0.3 is 5.97 Å². The smallest absolute Gasteiger partial charge is 0.344 e. The summed E-state index contributed by atoms with van der Waals surface area (Å²) in [6.45, 7) is 5.08. The summed E-state index contributed by atoms with van der Waals surface area (Å²) in [6.07, 6.45) is 1.57. The van der Waals surface area contributed by atoms with Crippen LogP contribution in [-0.2, 0) is 9.53 Å². The van der Waals surface area contributed by atoms with Crippen LogP contribution < -0.4 is 23.7 Å². The zero-order valence-electron chi connectivity index (χ0n) is 18.9. The largest absolute Gasteiger partial charge is 0.496 e. The summed E-state index contributed by atoms with van der Waals surface area (Å²) in [4.78, 5) is 24.7. The van der Waals surface area contributed by atoms with Crippen LogP contribution in [0.25, 0.3) is 6.08 Å². The van der Waals surface area contributed by atoms with E-state index in [9.17, 15) is 9.59 Å². The first kappa shape index (κ1) is 23.0. The quantitative estimate of drug-likeness (QED) is 0.469. The Morgan fingerprint density at radius 3 is 2.25 bits per heavy atom. The highest BCUT2D eigenvalue weighted by Gasteiger charge is 2.28. The van der Waals surface area contributed by atoms with E-state index in [4.69, 9.17) is 28.4 Å². The molecule has 0 radical (unpaired) electrons. The molecule has 2 aromatic carbocycles. The van der Waals surface area contributed by atoms with Crippen molar-refractivity contribution in [2.24, 2.45) is 0 Å². The van der Waals surface area contributed by atoms with Crippen LogP contribution in [-0.4, -0.2) is 45.3 Å². The highest BCUT2D eigenvalue weighted by Crippen LogP contribution is 2.39. The van der Waals surface area contributed by atoms with E-state index < -0.39 is 11.6 Å². The van der Waals surface area contributed by atoms with Crippen LogP contribution >= 0.6 is 0 Å². The summed E-state index contributed by atoms with van der Waals surface area (Å²) < 4.78 is 32.5. The van der Waals surface area contributed by atoms with E-state index in [1.54, 1.807) is 57.2 Å². The summed E-state index contributed by atoms with van der Waals surface area (Å²) in [5, 5.41) is 0. The van der Waals surface area contributed by atoms with Crippen molar-refractivity contribution in [1.29, 1.82) is 0 Å². The van der Waals surface area contributed by atoms with Crippen LogP contribution in [0, 0.1) is 0 Å². The fourth-order valence-corrected chi connectivity index (χ4v) is 3.08. The molecule has 0 saturated carbocycles. The zero-order chi connectivity index (χ0) is 23.5. The number of fused-ring (bicyclic) bond motifs is 1. The van der Waals surface area contributed by atoms with Crippen molar-refractivity contribution in [3.63, 3.8) is 0 Å². The van der Waals surface area contributed by atoms with Gasteiger partial charge in [-0.1, -0.05) is 0 Å². The molecule has 170 valence electrons. The van der Waals surface area contributed by atoms with E-state index in [1.807, 2.05) is 0 Å². The molecular formula is C24H26O8. The number of ether oxygens (including phenoxy) is 6. The van der Waals surface area contributed by atoms with Crippen molar-refractivity contribution < 1.29 is 38.0 Å². The van der Waals surface area contributed by atoms with Gasteiger partial charge in [0, 0.05) is 17.7 Å². The molecule has 0 N–H and O–H groups in total. The van der Waals surface area contributed by atoms with E-state index in [-0.39, 0.29) is 18.1 Å². The normalized spacial score (nSPS) is 13.9. The van der Waals surface area contributed by atoms with E-state index in [0.717, 1.165) is 0 Å². The Morgan fingerprint density at radius 1 is 0.969 bits per heavy atom. The molecule has 0 spiro atoms. The summed E-state index contributed by atoms with van der Waals surface area (Å²) in [7, 11) is 4.56. The van der Waals surface area contributed by atoms with Crippen molar-refractivity contribution in [2.45, 2.75) is 26.4 Å². The first-order valence-corrected chi connectivity index (χ1v) is 9.88. The first-order valence-electron chi connectivity index (χ1n) is 9.88. The molecule has 0 unspecified atom stereocenters. The van der Waals surface area contributed by atoms with Crippen LogP contribution in [0.5, 0.6) is 28.7 Å². The van der Waals surface area contributed by atoms with Crippen molar-refractivity contribution in [3.8, 4) is 28.7 Å². The second-order valence-corrected chi connectivity index (χ2v) is 7.92. The summed E-state index contributed by atoms with van der Waals surface area (Å²) in [5.41, 5.74) is 0.377.